The summed E-state index contributed by atoms with van der Waals surface area (Å²) < 4.78 is 0. The molecule has 1 atom stereocenters. The van der Waals surface area contributed by atoms with E-state index < -0.39 is 0 Å². The van der Waals surface area contributed by atoms with E-state index in [0.717, 1.165) is 28.5 Å². The van der Waals surface area contributed by atoms with Gasteiger partial charge in [0.05, 0.1) is 12.0 Å². The third-order valence-electron chi connectivity index (χ3n) is 10.6. The van der Waals surface area contributed by atoms with Crippen molar-refractivity contribution in [2.45, 2.75) is 43.9 Å². The maximum Gasteiger partial charge on any atom is 0.164 e. The van der Waals surface area contributed by atoms with E-state index in [1.54, 1.807) is 0 Å². The van der Waals surface area contributed by atoms with Crippen molar-refractivity contribution in [1.29, 1.82) is 5.26 Å². The number of nitriles is 1. The number of nitrogens with zero attached hydrogens (tertiary/aromatic N) is 4. The first-order chi connectivity index (χ1) is 23.7. The van der Waals surface area contributed by atoms with E-state index in [0.29, 0.717) is 17.5 Å². The Hall–Kier alpha value is -5.66. The summed E-state index contributed by atoms with van der Waals surface area (Å²) in [5.41, 5.74) is 11.0. The molecule has 0 saturated heterocycles. The predicted octanol–water partition coefficient (Wildman–Crippen LogP) is 10.8. The monoisotopic (exact) mass is 618 g/mol. The van der Waals surface area contributed by atoms with Gasteiger partial charge in [0, 0.05) is 22.1 Å². The highest BCUT2D eigenvalue weighted by atomic mass is 15.0. The van der Waals surface area contributed by atoms with Crippen molar-refractivity contribution in [1.82, 2.24) is 15.0 Å². The molecule has 1 heterocycles. The first-order valence-electron chi connectivity index (χ1n) is 17.1. The molecular weight excluding hydrogens is 585 g/mol. The van der Waals surface area contributed by atoms with Crippen molar-refractivity contribution in [3.05, 3.63) is 144 Å². The maximum absolute atomic E-state index is 9.88. The molecule has 0 aliphatic heterocycles. The van der Waals surface area contributed by atoms with Gasteiger partial charge >= 0.3 is 0 Å². The van der Waals surface area contributed by atoms with Crippen molar-refractivity contribution in [3.8, 4) is 51.4 Å². The zero-order chi connectivity index (χ0) is 32.1. The van der Waals surface area contributed by atoms with Gasteiger partial charge in [-0.1, -0.05) is 141 Å². The average Bonchev–Trinajstić information content (AvgIpc) is 3.43. The van der Waals surface area contributed by atoms with Crippen LogP contribution in [0, 0.1) is 17.2 Å². The highest BCUT2D eigenvalue weighted by Crippen LogP contribution is 2.58. The van der Waals surface area contributed by atoms with Crippen molar-refractivity contribution in [2.24, 2.45) is 5.92 Å². The number of rotatable bonds is 4. The van der Waals surface area contributed by atoms with Crippen LogP contribution in [0.15, 0.2) is 133 Å². The second-order valence-electron chi connectivity index (χ2n) is 13.4. The summed E-state index contributed by atoms with van der Waals surface area (Å²) >= 11 is 0. The van der Waals surface area contributed by atoms with Crippen molar-refractivity contribution >= 4 is 16.3 Å². The third kappa shape index (κ3) is 4.69. The Labute approximate surface area is 281 Å². The minimum atomic E-state index is -0.0785. The Balaban J connectivity index is 1.14. The average molecular weight is 619 g/mol. The maximum atomic E-state index is 9.88. The predicted molar refractivity (Wildman–Crippen MR) is 194 cm³/mol. The highest BCUT2D eigenvalue weighted by Gasteiger charge is 2.46. The molecule has 9 rings (SSSR count). The van der Waals surface area contributed by atoms with Crippen molar-refractivity contribution < 1.29 is 0 Å². The van der Waals surface area contributed by atoms with E-state index in [1.807, 2.05) is 30.3 Å². The van der Waals surface area contributed by atoms with Gasteiger partial charge in [0.25, 0.3) is 0 Å². The Kier molecular flexibility index (Phi) is 6.87. The standard InChI is InChI=1S/C44H34N4/c45-28-29-16-23-38-37(26-29)40-36(14-9-15-39(40)44(38)24-7-2-8-25-44)31-18-20-33(21-19-31)42-46-41(32-11-3-1-4-12-32)47-43(48-42)35-22-17-30-10-5-6-13-34(30)27-35/h1,3-6,9-23,27,29H,2,7-8,24-26H2. The van der Waals surface area contributed by atoms with E-state index in [2.05, 4.69) is 103 Å². The van der Waals surface area contributed by atoms with Crippen LogP contribution in [-0.4, -0.2) is 15.0 Å². The molecule has 3 aliphatic carbocycles. The first-order valence-corrected chi connectivity index (χ1v) is 17.1. The van der Waals surface area contributed by atoms with Gasteiger partial charge in [0.2, 0.25) is 0 Å². The quantitative estimate of drug-likeness (QED) is 0.197. The summed E-state index contributed by atoms with van der Waals surface area (Å²) in [6.45, 7) is 0. The lowest BCUT2D eigenvalue weighted by Gasteiger charge is -2.37. The molecule has 230 valence electrons. The number of hydrogen-bond acceptors (Lipinski definition) is 4. The highest BCUT2D eigenvalue weighted by molar-refractivity contribution is 5.93. The Morgan fingerprint density at radius 1 is 0.604 bits per heavy atom. The van der Waals surface area contributed by atoms with Crippen molar-refractivity contribution in [2.75, 3.05) is 0 Å². The summed E-state index contributed by atoms with van der Waals surface area (Å²) in [5, 5.41) is 12.2. The fourth-order valence-corrected chi connectivity index (χ4v) is 8.32. The minimum absolute atomic E-state index is 0.0771. The number of fused-ring (bicyclic) bond motifs is 5. The Morgan fingerprint density at radius 2 is 1.25 bits per heavy atom. The van der Waals surface area contributed by atoms with Gasteiger partial charge in [-0.05, 0) is 69.5 Å². The molecule has 3 aliphatic rings. The van der Waals surface area contributed by atoms with E-state index in [9.17, 15) is 5.26 Å². The van der Waals surface area contributed by atoms with E-state index >= 15 is 0 Å². The Morgan fingerprint density at radius 3 is 2.00 bits per heavy atom. The van der Waals surface area contributed by atoms with Crippen LogP contribution < -0.4 is 0 Å². The molecule has 1 saturated carbocycles. The molecule has 4 nitrogen and oxygen atoms in total. The topological polar surface area (TPSA) is 62.5 Å². The molecule has 6 aromatic rings. The van der Waals surface area contributed by atoms with Crippen molar-refractivity contribution in [3.63, 3.8) is 0 Å². The summed E-state index contributed by atoms with van der Waals surface area (Å²) in [6, 6.07) is 42.9. The van der Waals surface area contributed by atoms with Crippen LogP contribution in [0.25, 0.3) is 61.6 Å². The lowest BCUT2D eigenvalue weighted by molar-refractivity contribution is 0.349. The second kappa shape index (κ2) is 11.5. The fraction of sp³-hybridized carbons (Fsp3) is 0.182. The van der Waals surface area contributed by atoms with Gasteiger partial charge in [-0.2, -0.15) is 5.26 Å². The second-order valence-corrected chi connectivity index (χ2v) is 13.4. The number of benzene rings is 5. The number of aromatic nitrogens is 3. The van der Waals surface area contributed by atoms with Gasteiger partial charge in [-0.3, -0.25) is 0 Å². The molecule has 0 radical (unpaired) electrons. The zero-order valence-electron chi connectivity index (χ0n) is 26.7. The molecule has 5 aromatic carbocycles. The van der Waals surface area contributed by atoms with Gasteiger partial charge in [0.15, 0.2) is 17.5 Å². The van der Waals surface area contributed by atoms with Crippen LogP contribution in [-0.2, 0) is 5.41 Å². The molecule has 0 amide bonds. The van der Waals surface area contributed by atoms with Crippen LogP contribution in [0.3, 0.4) is 0 Å². The minimum Gasteiger partial charge on any atom is -0.208 e. The summed E-state index contributed by atoms with van der Waals surface area (Å²) in [4.78, 5) is 15.0. The molecule has 4 heteroatoms. The van der Waals surface area contributed by atoms with Gasteiger partial charge < -0.3 is 0 Å². The van der Waals surface area contributed by atoms with Crippen LogP contribution in [0.1, 0.15) is 49.7 Å². The summed E-state index contributed by atoms with van der Waals surface area (Å²) in [7, 11) is 0. The molecule has 1 unspecified atom stereocenters. The number of allylic oxidation sites excluding steroid dienone is 4. The lowest BCUT2D eigenvalue weighted by atomic mass is 9.66. The third-order valence-corrected chi connectivity index (χ3v) is 10.6. The van der Waals surface area contributed by atoms with Gasteiger partial charge in [0.1, 0.15) is 0 Å². The molecule has 1 aromatic heterocycles. The molecule has 1 fully saturated rings. The molecular formula is C44H34N4. The van der Waals surface area contributed by atoms with Crippen LogP contribution in [0.5, 0.6) is 0 Å². The lowest BCUT2D eigenvalue weighted by Crippen LogP contribution is -2.29. The largest absolute Gasteiger partial charge is 0.208 e. The Bertz CT molecular complexity index is 2300. The van der Waals surface area contributed by atoms with E-state index in [1.165, 1.54) is 70.9 Å². The van der Waals surface area contributed by atoms with E-state index in [4.69, 9.17) is 15.0 Å². The first kappa shape index (κ1) is 28.6. The molecule has 0 N–H and O–H groups in total. The van der Waals surface area contributed by atoms with Crippen LogP contribution in [0.2, 0.25) is 0 Å². The summed E-state index contributed by atoms with van der Waals surface area (Å²) in [5.74, 6) is 1.88. The number of hydrogen-bond donors (Lipinski definition) is 0. The fourth-order valence-electron chi connectivity index (χ4n) is 8.32. The molecule has 1 spiro atoms. The van der Waals surface area contributed by atoms with Crippen LogP contribution >= 0.6 is 0 Å². The van der Waals surface area contributed by atoms with Gasteiger partial charge in [-0.15, -0.1) is 0 Å². The molecule has 0 bridgehead atoms. The smallest absolute Gasteiger partial charge is 0.164 e. The summed E-state index contributed by atoms with van der Waals surface area (Å²) in [6.07, 6.45) is 11.4. The zero-order valence-corrected chi connectivity index (χ0v) is 26.7. The normalized spacial score (nSPS) is 17.7. The van der Waals surface area contributed by atoms with Gasteiger partial charge in [-0.25, -0.2) is 15.0 Å². The SMILES string of the molecule is N#CC1C=CC2=C(C1)c1c(-c3ccc(-c4nc(-c5ccccc5)nc(-c5ccc6ccccc6c5)n4)cc3)cccc1C21CCCCC1. The van der Waals surface area contributed by atoms with Crippen LogP contribution in [0.4, 0.5) is 0 Å². The van der Waals surface area contributed by atoms with E-state index in [-0.39, 0.29) is 11.3 Å². The molecule has 48 heavy (non-hydrogen) atoms.